The molecule has 1 atom stereocenters. The number of rotatable bonds is 4. The van der Waals surface area contributed by atoms with Gasteiger partial charge in [0.25, 0.3) is 5.91 Å². The Bertz CT molecular complexity index is 525. The van der Waals surface area contributed by atoms with E-state index in [9.17, 15) is 4.79 Å². The third-order valence-electron chi connectivity index (χ3n) is 3.93. The highest BCUT2D eigenvalue weighted by atomic mass is 79.9. The van der Waals surface area contributed by atoms with Crippen LogP contribution in [0.15, 0.2) is 22.7 Å². The Labute approximate surface area is 138 Å². The van der Waals surface area contributed by atoms with E-state index in [0.29, 0.717) is 38.5 Å². The van der Waals surface area contributed by atoms with E-state index < -0.39 is 0 Å². The number of benzene rings is 1. The van der Waals surface area contributed by atoms with Crippen LogP contribution in [0.25, 0.3) is 0 Å². The van der Waals surface area contributed by atoms with E-state index in [0.717, 1.165) is 29.7 Å². The highest BCUT2D eigenvalue weighted by molar-refractivity contribution is 9.10. The van der Waals surface area contributed by atoms with Gasteiger partial charge in [0, 0.05) is 25.3 Å². The molecule has 3 rings (SSSR count). The van der Waals surface area contributed by atoms with Crippen LogP contribution in [-0.4, -0.2) is 56.4 Å². The van der Waals surface area contributed by atoms with Crippen LogP contribution in [0.4, 0.5) is 0 Å². The fraction of sp³-hybridized carbons (Fsp3) is 0.562. The van der Waals surface area contributed by atoms with Crippen LogP contribution in [0.3, 0.4) is 0 Å². The number of nitrogens with zero attached hydrogens (tertiary/aromatic N) is 1. The van der Waals surface area contributed by atoms with Crippen molar-refractivity contribution in [2.45, 2.75) is 18.9 Å². The van der Waals surface area contributed by atoms with Crippen molar-refractivity contribution in [3.63, 3.8) is 0 Å². The highest BCUT2D eigenvalue weighted by Crippen LogP contribution is 2.27. The van der Waals surface area contributed by atoms with Crippen molar-refractivity contribution in [2.24, 2.45) is 0 Å². The van der Waals surface area contributed by atoms with Crippen molar-refractivity contribution in [3.05, 3.63) is 28.2 Å². The standard InChI is InChI=1S/C16H20BrNO4/c17-14-10-12(16(19)18-5-8-20-9-6-18)3-4-15(14)22-11-13-2-1-7-21-13/h3-4,10,13H,1-2,5-9,11H2. The Morgan fingerprint density at radius 3 is 2.82 bits per heavy atom. The van der Waals surface area contributed by atoms with E-state index in [1.807, 2.05) is 23.1 Å². The van der Waals surface area contributed by atoms with Crippen LogP contribution >= 0.6 is 15.9 Å². The van der Waals surface area contributed by atoms with Gasteiger partial charge in [-0.3, -0.25) is 4.79 Å². The third kappa shape index (κ3) is 3.80. The van der Waals surface area contributed by atoms with Crippen molar-refractivity contribution < 1.29 is 19.0 Å². The van der Waals surface area contributed by atoms with Crippen molar-refractivity contribution in [1.29, 1.82) is 0 Å². The fourth-order valence-electron chi connectivity index (χ4n) is 2.66. The molecule has 0 saturated carbocycles. The highest BCUT2D eigenvalue weighted by Gasteiger charge is 2.20. The smallest absolute Gasteiger partial charge is 0.254 e. The SMILES string of the molecule is O=C(c1ccc(OCC2CCCO2)c(Br)c1)N1CCOCC1. The molecule has 2 fully saturated rings. The van der Waals surface area contributed by atoms with Gasteiger partial charge in [0.1, 0.15) is 12.4 Å². The Morgan fingerprint density at radius 1 is 1.32 bits per heavy atom. The molecule has 0 bridgehead atoms. The molecule has 0 aliphatic carbocycles. The summed E-state index contributed by atoms with van der Waals surface area (Å²) in [6.45, 7) is 3.88. The van der Waals surface area contributed by atoms with Crippen LogP contribution < -0.4 is 4.74 Å². The molecule has 2 aliphatic heterocycles. The summed E-state index contributed by atoms with van der Waals surface area (Å²) in [5.74, 6) is 0.781. The van der Waals surface area contributed by atoms with E-state index >= 15 is 0 Å². The summed E-state index contributed by atoms with van der Waals surface area (Å²) in [5.41, 5.74) is 0.665. The van der Waals surface area contributed by atoms with Gasteiger partial charge in [-0.1, -0.05) is 0 Å². The number of morpholine rings is 1. The molecule has 2 aliphatic rings. The average Bonchev–Trinajstić information content (AvgIpc) is 3.07. The van der Waals surface area contributed by atoms with Crippen LogP contribution in [0.2, 0.25) is 0 Å². The number of carbonyl (C=O) groups excluding carboxylic acids is 1. The zero-order valence-corrected chi connectivity index (χ0v) is 14.0. The number of carbonyl (C=O) groups is 1. The van der Waals surface area contributed by atoms with Gasteiger partial charge >= 0.3 is 0 Å². The Kier molecular flexibility index (Phi) is 5.33. The number of hydrogen-bond acceptors (Lipinski definition) is 4. The molecule has 0 spiro atoms. The first-order valence-electron chi connectivity index (χ1n) is 7.65. The predicted molar refractivity (Wildman–Crippen MR) is 85.3 cm³/mol. The van der Waals surface area contributed by atoms with Crippen molar-refractivity contribution in [2.75, 3.05) is 39.5 Å². The first-order valence-corrected chi connectivity index (χ1v) is 8.44. The molecule has 5 nitrogen and oxygen atoms in total. The quantitative estimate of drug-likeness (QED) is 0.817. The third-order valence-corrected chi connectivity index (χ3v) is 4.55. The maximum Gasteiger partial charge on any atom is 0.254 e. The number of halogens is 1. The van der Waals surface area contributed by atoms with Gasteiger partial charge in [-0.15, -0.1) is 0 Å². The minimum absolute atomic E-state index is 0.0367. The predicted octanol–water partition coefficient (Wildman–Crippen LogP) is 2.48. The fourth-order valence-corrected chi connectivity index (χ4v) is 3.15. The molecular formula is C16H20BrNO4. The number of amides is 1. The molecule has 6 heteroatoms. The molecule has 120 valence electrons. The van der Waals surface area contributed by atoms with Crippen molar-refractivity contribution in [1.82, 2.24) is 4.90 Å². The topological polar surface area (TPSA) is 48.0 Å². The molecule has 22 heavy (non-hydrogen) atoms. The lowest BCUT2D eigenvalue weighted by Crippen LogP contribution is -2.40. The van der Waals surface area contributed by atoms with Gasteiger partial charge < -0.3 is 19.1 Å². The summed E-state index contributed by atoms with van der Waals surface area (Å²) in [5, 5.41) is 0. The summed E-state index contributed by atoms with van der Waals surface area (Å²) < 4.78 is 17.4. The van der Waals surface area contributed by atoms with Crippen molar-refractivity contribution >= 4 is 21.8 Å². The molecule has 1 amide bonds. The van der Waals surface area contributed by atoms with Gasteiger partial charge in [-0.2, -0.15) is 0 Å². The maximum atomic E-state index is 12.4. The Hall–Kier alpha value is -1.11. The van der Waals surface area contributed by atoms with Crippen LogP contribution in [0.5, 0.6) is 5.75 Å². The molecule has 1 unspecified atom stereocenters. The summed E-state index contributed by atoms with van der Waals surface area (Å²) in [6, 6.07) is 5.47. The molecule has 1 aromatic rings. The second-order valence-electron chi connectivity index (χ2n) is 5.50. The lowest BCUT2D eigenvalue weighted by molar-refractivity contribution is 0.0302. The van der Waals surface area contributed by atoms with Gasteiger partial charge in [0.15, 0.2) is 0 Å². The second kappa shape index (κ2) is 7.44. The first-order chi connectivity index (χ1) is 10.7. The van der Waals surface area contributed by atoms with Crippen LogP contribution in [-0.2, 0) is 9.47 Å². The van der Waals surface area contributed by atoms with E-state index in [-0.39, 0.29) is 12.0 Å². The molecule has 2 heterocycles. The summed E-state index contributed by atoms with van der Waals surface area (Å²) in [6.07, 6.45) is 2.33. The zero-order valence-electron chi connectivity index (χ0n) is 12.4. The number of hydrogen-bond donors (Lipinski definition) is 0. The van der Waals surface area contributed by atoms with E-state index in [1.165, 1.54) is 0 Å². The van der Waals surface area contributed by atoms with E-state index in [4.69, 9.17) is 14.2 Å². The van der Waals surface area contributed by atoms with Gasteiger partial charge in [-0.05, 0) is 47.0 Å². The zero-order chi connectivity index (χ0) is 15.4. The summed E-state index contributed by atoms with van der Waals surface area (Å²) in [7, 11) is 0. The van der Waals surface area contributed by atoms with Crippen LogP contribution in [0, 0.1) is 0 Å². The minimum Gasteiger partial charge on any atom is -0.490 e. The largest absolute Gasteiger partial charge is 0.490 e. The monoisotopic (exact) mass is 369 g/mol. The van der Waals surface area contributed by atoms with Crippen molar-refractivity contribution in [3.8, 4) is 5.75 Å². The molecule has 0 N–H and O–H groups in total. The molecular weight excluding hydrogens is 350 g/mol. The minimum atomic E-state index is 0.0367. The Morgan fingerprint density at radius 2 is 2.14 bits per heavy atom. The lowest BCUT2D eigenvalue weighted by atomic mass is 10.2. The lowest BCUT2D eigenvalue weighted by Gasteiger charge is -2.27. The van der Waals surface area contributed by atoms with E-state index in [1.54, 1.807) is 0 Å². The van der Waals surface area contributed by atoms with Gasteiger partial charge in [-0.25, -0.2) is 0 Å². The van der Waals surface area contributed by atoms with E-state index in [2.05, 4.69) is 15.9 Å². The molecule has 0 aromatic heterocycles. The average molecular weight is 370 g/mol. The van der Waals surface area contributed by atoms with Gasteiger partial charge in [0.05, 0.1) is 23.8 Å². The molecule has 2 saturated heterocycles. The second-order valence-corrected chi connectivity index (χ2v) is 6.35. The first kappa shape index (κ1) is 15.8. The van der Waals surface area contributed by atoms with Crippen LogP contribution in [0.1, 0.15) is 23.2 Å². The summed E-state index contributed by atoms with van der Waals surface area (Å²) >= 11 is 3.49. The van der Waals surface area contributed by atoms with Gasteiger partial charge in [0.2, 0.25) is 0 Å². The maximum absolute atomic E-state index is 12.4. The normalized spacial score (nSPS) is 21.9. The number of ether oxygens (including phenoxy) is 3. The summed E-state index contributed by atoms with van der Waals surface area (Å²) in [4.78, 5) is 14.2. The molecule has 1 aromatic carbocycles. The Balaban J connectivity index is 1.61. The molecule has 0 radical (unpaired) electrons.